The number of benzene rings is 1. The van der Waals surface area contributed by atoms with E-state index >= 15 is 0 Å². The van der Waals surface area contributed by atoms with Gasteiger partial charge in [0.15, 0.2) is 0 Å². The summed E-state index contributed by atoms with van der Waals surface area (Å²) in [5, 5.41) is 11.5. The second-order valence-corrected chi connectivity index (χ2v) is 5.71. The van der Waals surface area contributed by atoms with Gasteiger partial charge >= 0.3 is 0 Å². The summed E-state index contributed by atoms with van der Waals surface area (Å²) in [5.41, 5.74) is 2.62. The van der Waals surface area contributed by atoms with E-state index in [2.05, 4.69) is 11.1 Å². The van der Waals surface area contributed by atoms with Crippen LogP contribution in [0.4, 0.5) is 4.39 Å². The third-order valence-corrected chi connectivity index (χ3v) is 4.21. The maximum absolute atomic E-state index is 13.1. The summed E-state index contributed by atoms with van der Waals surface area (Å²) in [6.45, 7) is 2.26. The highest BCUT2D eigenvalue weighted by atomic mass is 32.1. The summed E-state index contributed by atoms with van der Waals surface area (Å²) < 4.78 is 18.7. The van der Waals surface area contributed by atoms with Crippen LogP contribution in [0.15, 0.2) is 47.8 Å². The highest BCUT2D eigenvalue weighted by Crippen LogP contribution is 2.35. The molecule has 114 valence electrons. The fourth-order valence-corrected chi connectivity index (χ4v) is 3.01. The van der Waals surface area contributed by atoms with Crippen molar-refractivity contribution in [2.24, 2.45) is 0 Å². The molecule has 0 amide bonds. The summed E-state index contributed by atoms with van der Waals surface area (Å²) in [4.78, 5) is 5.41. The molecule has 0 saturated carbocycles. The van der Waals surface area contributed by atoms with E-state index < -0.39 is 0 Å². The molecule has 3 rings (SSSR count). The highest BCUT2D eigenvalue weighted by Gasteiger charge is 2.16. The van der Waals surface area contributed by atoms with Gasteiger partial charge in [0, 0.05) is 16.0 Å². The van der Waals surface area contributed by atoms with Gasteiger partial charge in [0.1, 0.15) is 17.4 Å². The van der Waals surface area contributed by atoms with Gasteiger partial charge in [0.05, 0.1) is 12.3 Å². The van der Waals surface area contributed by atoms with Crippen LogP contribution in [-0.2, 0) is 0 Å². The number of hydrogen-bond acceptors (Lipinski definition) is 4. The number of rotatable bonds is 4. The van der Waals surface area contributed by atoms with Gasteiger partial charge in [-0.2, -0.15) is 5.26 Å². The van der Waals surface area contributed by atoms with E-state index in [-0.39, 0.29) is 5.82 Å². The van der Waals surface area contributed by atoms with Crippen LogP contribution in [0.3, 0.4) is 0 Å². The minimum absolute atomic E-state index is 0.300. The molecule has 0 aliphatic heterocycles. The number of ether oxygens (including phenoxy) is 1. The summed E-state index contributed by atoms with van der Waals surface area (Å²) >= 11 is 1.54. The van der Waals surface area contributed by atoms with Crippen LogP contribution in [-0.4, -0.2) is 11.6 Å². The Morgan fingerprint density at radius 1 is 1.26 bits per heavy atom. The summed E-state index contributed by atoms with van der Waals surface area (Å²) in [6.07, 6.45) is 0. The number of pyridine rings is 1. The number of nitriles is 1. The smallest absolute Gasteiger partial charge is 0.232 e. The Balaban J connectivity index is 2.22. The Hall–Kier alpha value is -2.71. The van der Waals surface area contributed by atoms with Crippen LogP contribution in [0.25, 0.3) is 21.7 Å². The van der Waals surface area contributed by atoms with Crippen LogP contribution in [0.5, 0.6) is 5.88 Å². The molecule has 2 aromatic heterocycles. The van der Waals surface area contributed by atoms with Crippen molar-refractivity contribution >= 4 is 11.3 Å². The predicted octanol–water partition coefficient (Wildman–Crippen LogP) is 4.89. The molecule has 0 aliphatic rings. The van der Waals surface area contributed by atoms with E-state index in [0.29, 0.717) is 23.7 Å². The topological polar surface area (TPSA) is 45.9 Å². The molecule has 3 aromatic rings. The van der Waals surface area contributed by atoms with Crippen molar-refractivity contribution in [3.8, 4) is 33.6 Å². The monoisotopic (exact) mass is 324 g/mol. The van der Waals surface area contributed by atoms with Crippen LogP contribution >= 0.6 is 11.3 Å². The van der Waals surface area contributed by atoms with E-state index in [1.165, 1.54) is 12.1 Å². The van der Waals surface area contributed by atoms with E-state index in [1.54, 1.807) is 23.5 Å². The lowest BCUT2D eigenvalue weighted by Crippen LogP contribution is -2.00. The molecule has 0 bridgehead atoms. The minimum Gasteiger partial charge on any atom is -0.477 e. The van der Waals surface area contributed by atoms with Gasteiger partial charge in [0.25, 0.3) is 0 Å². The fourth-order valence-electron chi connectivity index (χ4n) is 2.27. The van der Waals surface area contributed by atoms with Crippen molar-refractivity contribution in [2.75, 3.05) is 6.61 Å². The van der Waals surface area contributed by atoms with Gasteiger partial charge in [-0.1, -0.05) is 6.07 Å². The maximum Gasteiger partial charge on any atom is 0.232 e. The molecular formula is C18H13FN2OS. The number of hydrogen-bond donors (Lipinski definition) is 0. The molecule has 0 radical (unpaired) electrons. The molecule has 3 nitrogen and oxygen atoms in total. The Kier molecular flexibility index (Phi) is 4.35. The quantitative estimate of drug-likeness (QED) is 0.686. The van der Waals surface area contributed by atoms with Crippen LogP contribution in [0, 0.1) is 17.1 Å². The summed E-state index contributed by atoms with van der Waals surface area (Å²) in [6, 6.07) is 14.0. The first-order valence-corrected chi connectivity index (χ1v) is 7.98. The number of aromatic nitrogens is 1. The molecule has 5 heteroatoms. The summed E-state index contributed by atoms with van der Waals surface area (Å²) in [7, 11) is 0. The molecule has 0 atom stereocenters. The van der Waals surface area contributed by atoms with E-state index in [4.69, 9.17) is 4.74 Å². The molecule has 0 unspecified atom stereocenters. The normalized spacial score (nSPS) is 10.3. The summed E-state index contributed by atoms with van der Waals surface area (Å²) in [5.74, 6) is 0.00568. The van der Waals surface area contributed by atoms with Crippen molar-refractivity contribution < 1.29 is 9.13 Å². The van der Waals surface area contributed by atoms with Crippen LogP contribution in [0.1, 0.15) is 12.5 Å². The van der Waals surface area contributed by atoms with Gasteiger partial charge in [-0.3, -0.25) is 0 Å². The lowest BCUT2D eigenvalue weighted by molar-refractivity contribution is 0.326. The number of thiophene rings is 1. The van der Waals surface area contributed by atoms with E-state index in [0.717, 1.165) is 16.0 Å². The zero-order valence-corrected chi connectivity index (χ0v) is 13.2. The molecule has 0 saturated heterocycles. The van der Waals surface area contributed by atoms with Gasteiger partial charge in [0.2, 0.25) is 5.88 Å². The highest BCUT2D eigenvalue weighted by molar-refractivity contribution is 7.13. The van der Waals surface area contributed by atoms with Crippen molar-refractivity contribution in [3.63, 3.8) is 0 Å². The van der Waals surface area contributed by atoms with E-state index in [9.17, 15) is 9.65 Å². The Morgan fingerprint density at radius 2 is 2.04 bits per heavy atom. The number of nitrogens with zero attached hydrogens (tertiary/aromatic N) is 2. The molecule has 0 aliphatic carbocycles. The fraction of sp³-hybridized carbons (Fsp3) is 0.111. The molecule has 0 spiro atoms. The second kappa shape index (κ2) is 6.59. The first-order chi connectivity index (χ1) is 11.2. The maximum atomic E-state index is 13.1. The first kappa shape index (κ1) is 15.2. The van der Waals surface area contributed by atoms with Crippen molar-refractivity contribution in [1.29, 1.82) is 5.26 Å². The van der Waals surface area contributed by atoms with Gasteiger partial charge in [-0.05, 0) is 48.7 Å². The van der Waals surface area contributed by atoms with Crippen molar-refractivity contribution in [2.45, 2.75) is 6.92 Å². The molecule has 1 aromatic carbocycles. The van der Waals surface area contributed by atoms with Crippen LogP contribution in [0.2, 0.25) is 0 Å². The minimum atomic E-state index is -0.300. The van der Waals surface area contributed by atoms with Gasteiger partial charge in [-0.15, -0.1) is 11.3 Å². The second-order valence-electron chi connectivity index (χ2n) is 4.76. The largest absolute Gasteiger partial charge is 0.477 e. The lowest BCUT2D eigenvalue weighted by Gasteiger charge is -2.11. The lowest BCUT2D eigenvalue weighted by atomic mass is 10.0. The zero-order valence-electron chi connectivity index (χ0n) is 12.4. The predicted molar refractivity (Wildman–Crippen MR) is 88.8 cm³/mol. The Morgan fingerprint density at radius 3 is 2.65 bits per heavy atom. The first-order valence-electron chi connectivity index (χ1n) is 7.10. The Bertz CT molecular complexity index is 852. The van der Waals surface area contributed by atoms with Crippen molar-refractivity contribution in [1.82, 2.24) is 4.98 Å². The SMILES string of the molecule is CCOc1nc(-c2ccc(F)cc2)cc(-c2cccs2)c1C#N. The van der Waals surface area contributed by atoms with E-state index in [1.807, 2.05) is 30.5 Å². The molecule has 0 N–H and O–H groups in total. The Labute approximate surface area is 137 Å². The molecule has 0 fully saturated rings. The third kappa shape index (κ3) is 3.08. The van der Waals surface area contributed by atoms with Crippen LogP contribution < -0.4 is 4.74 Å². The van der Waals surface area contributed by atoms with Gasteiger partial charge < -0.3 is 4.74 Å². The molecule has 23 heavy (non-hydrogen) atoms. The molecule has 2 heterocycles. The third-order valence-electron chi connectivity index (χ3n) is 3.31. The van der Waals surface area contributed by atoms with Crippen molar-refractivity contribution in [3.05, 3.63) is 59.2 Å². The standard InChI is InChI=1S/C18H13FN2OS/c1-2-22-18-15(11-20)14(17-4-3-9-23-17)10-16(21-18)12-5-7-13(19)8-6-12/h3-10H,2H2,1H3. The average molecular weight is 324 g/mol. The average Bonchev–Trinajstić information content (AvgIpc) is 3.09. The molecular weight excluding hydrogens is 311 g/mol. The zero-order chi connectivity index (χ0) is 16.2. The number of halogens is 1. The van der Waals surface area contributed by atoms with Gasteiger partial charge in [-0.25, -0.2) is 9.37 Å².